The van der Waals surface area contributed by atoms with Crippen LogP contribution in [0, 0.1) is 0 Å². The molecule has 0 aliphatic carbocycles. The summed E-state index contributed by atoms with van der Waals surface area (Å²) in [4.78, 5) is 12.9. The Kier molecular flexibility index (Phi) is 4.55. The second kappa shape index (κ2) is 7.16. The van der Waals surface area contributed by atoms with Crippen molar-refractivity contribution in [2.45, 2.75) is 13.0 Å². The minimum atomic E-state index is 0.121. The zero-order valence-corrected chi connectivity index (χ0v) is 15.4. The third-order valence-electron chi connectivity index (χ3n) is 4.31. The summed E-state index contributed by atoms with van der Waals surface area (Å²) in [6.07, 6.45) is 5.23. The van der Waals surface area contributed by atoms with Crippen LogP contribution in [0.15, 0.2) is 43.0 Å². The lowest BCUT2D eigenvalue weighted by atomic mass is 10.1. The van der Waals surface area contributed by atoms with Gasteiger partial charge in [-0.2, -0.15) is 0 Å². The van der Waals surface area contributed by atoms with Crippen LogP contribution in [0.2, 0.25) is 0 Å². The first-order valence-corrected chi connectivity index (χ1v) is 8.58. The molecule has 0 aliphatic heterocycles. The Hall–Kier alpha value is -3.26. The highest BCUT2D eigenvalue weighted by Crippen LogP contribution is 2.30. The Morgan fingerprint density at radius 3 is 2.85 bits per heavy atom. The average Bonchev–Trinajstić information content (AvgIpc) is 3.10. The standard InChI is InChI=1S/C19H20N6O2/c1-12(10-26-2)23-19-20-9-17-14(6-7-25(17)24-19)13-4-5-16-15(8-13)18(27-3)22-11-21-16/h4-9,11-12H,10H2,1-3H3,(H,23,24)/t12-/m1/s1. The topological polar surface area (TPSA) is 86.5 Å². The van der Waals surface area contributed by atoms with Gasteiger partial charge in [-0.3, -0.25) is 0 Å². The van der Waals surface area contributed by atoms with Crippen LogP contribution in [0.1, 0.15) is 6.92 Å². The molecule has 1 aromatic carbocycles. The largest absolute Gasteiger partial charge is 0.480 e. The number of hydrogen-bond donors (Lipinski definition) is 1. The lowest BCUT2D eigenvalue weighted by Crippen LogP contribution is -2.22. The van der Waals surface area contributed by atoms with E-state index in [0.29, 0.717) is 18.4 Å². The van der Waals surface area contributed by atoms with Crippen molar-refractivity contribution in [3.05, 3.63) is 43.0 Å². The van der Waals surface area contributed by atoms with Crippen molar-refractivity contribution >= 4 is 22.4 Å². The van der Waals surface area contributed by atoms with Crippen molar-refractivity contribution in [1.29, 1.82) is 0 Å². The lowest BCUT2D eigenvalue weighted by molar-refractivity contribution is 0.190. The van der Waals surface area contributed by atoms with Gasteiger partial charge in [-0.25, -0.2) is 19.5 Å². The average molecular weight is 364 g/mol. The van der Waals surface area contributed by atoms with Crippen molar-refractivity contribution < 1.29 is 9.47 Å². The first-order valence-electron chi connectivity index (χ1n) is 8.58. The monoisotopic (exact) mass is 364 g/mol. The van der Waals surface area contributed by atoms with Crippen LogP contribution in [0.4, 0.5) is 5.95 Å². The zero-order valence-electron chi connectivity index (χ0n) is 15.4. The number of benzene rings is 1. The third-order valence-corrected chi connectivity index (χ3v) is 4.31. The molecule has 4 aromatic rings. The summed E-state index contributed by atoms with van der Waals surface area (Å²) in [5.74, 6) is 1.11. The molecule has 0 amide bonds. The molecule has 0 aliphatic rings. The Morgan fingerprint density at radius 2 is 2.04 bits per heavy atom. The predicted molar refractivity (Wildman–Crippen MR) is 103 cm³/mol. The number of nitrogens with zero attached hydrogens (tertiary/aromatic N) is 5. The summed E-state index contributed by atoms with van der Waals surface area (Å²) in [6, 6.07) is 8.15. The van der Waals surface area contributed by atoms with E-state index in [9.17, 15) is 0 Å². The molecule has 0 saturated heterocycles. The fraction of sp³-hybridized carbons (Fsp3) is 0.263. The minimum absolute atomic E-state index is 0.121. The van der Waals surface area contributed by atoms with E-state index in [4.69, 9.17) is 9.47 Å². The third kappa shape index (κ3) is 3.26. The Bertz CT molecular complexity index is 1090. The predicted octanol–water partition coefficient (Wildman–Crippen LogP) is 2.79. The van der Waals surface area contributed by atoms with Gasteiger partial charge in [0.25, 0.3) is 0 Å². The Morgan fingerprint density at radius 1 is 1.15 bits per heavy atom. The molecular formula is C19H20N6O2. The second-order valence-corrected chi connectivity index (χ2v) is 6.26. The van der Waals surface area contributed by atoms with Gasteiger partial charge in [-0.05, 0) is 30.7 Å². The molecule has 3 aromatic heterocycles. The van der Waals surface area contributed by atoms with E-state index in [1.54, 1.807) is 14.2 Å². The van der Waals surface area contributed by atoms with E-state index < -0.39 is 0 Å². The first kappa shape index (κ1) is 17.2. The van der Waals surface area contributed by atoms with E-state index >= 15 is 0 Å². The van der Waals surface area contributed by atoms with Crippen LogP contribution in [0.3, 0.4) is 0 Å². The number of methoxy groups -OCH3 is 2. The highest BCUT2D eigenvalue weighted by Gasteiger charge is 2.11. The number of rotatable bonds is 6. The van der Waals surface area contributed by atoms with Gasteiger partial charge in [0.15, 0.2) is 0 Å². The van der Waals surface area contributed by atoms with Crippen molar-refractivity contribution in [2.24, 2.45) is 0 Å². The molecule has 0 unspecified atom stereocenters. The molecule has 8 nitrogen and oxygen atoms in total. The number of fused-ring (bicyclic) bond motifs is 2. The lowest BCUT2D eigenvalue weighted by Gasteiger charge is -2.12. The molecule has 0 spiro atoms. The van der Waals surface area contributed by atoms with Crippen molar-refractivity contribution in [3.63, 3.8) is 0 Å². The minimum Gasteiger partial charge on any atom is -0.480 e. The number of hydrogen-bond acceptors (Lipinski definition) is 7. The van der Waals surface area contributed by atoms with Crippen molar-refractivity contribution in [3.8, 4) is 17.0 Å². The van der Waals surface area contributed by atoms with Gasteiger partial charge < -0.3 is 14.8 Å². The van der Waals surface area contributed by atoms with Gasteiger partial charge in [0, 0.05) is 24.9 Å². The summed E-state index contributed by atoms with van der Waals surface area (Å²) < 4.78 is 12.3. The van der Waals surface area contributed by atoms with E-state index in [1.165, 1.54) is 6.33 Å². The van der Waals surface area contributed by atoms with Crippen LogP contribution in [0.5, 0.6) is 5.88 Å². The number of nitrogens with one attached hydrogen (secondary N) is 1. The van der Waals surface area contributed by atoms with E-state index in [-0.39, 0.29) is 6.04 Å². The molecular weight excluding hydrogens is 344 g/mol. The number of anilines is 1. The molecule has 0 saturated carbocycles. The van der Waals surface area contributed by atoms with Gasteiger partial charge >= 0.3 is 0 Å². The molecule has 1 atom stereocenters. The SMILES string of the molecule is COC[C@@H](C)Nc1ncc2c(-c3ccc4ncnc(OC)c4c3)ccn2n1. The molecule has 1 N–H and O–H groups in total. The van der Waals surface area contributed by atoms with Crippen LogP contribution in [-0.4, -0.2) is 51.4 Å². The zero-order chi connectivity index (χ0) is 18.8. The number of aromatic nitrogens is 5. The maximum absolute atomic E-state index is 5.36. The second-order valence-electron chi connectivity index (χ2n) is 6.26. The molecule has 27 heavy (non-hydrogen) atoms. The summed E-state index contributed by atoms with van der Waals surface area (Å²) in [5, 5.41) is 8.62. The van der Waals surface area contributed by atoms with E-state index in [1.807, 2.05) is 48.1 Å². The van der Waals surface area contributed by atoms with Gasteiger partial charge in [-0.15, -0.1) is 5.10 Å². The van der Waals surface area contributed by atoms with Crippen LogP contribution in [0.25, 0.3) is 27.5 Å². The summed E-state index contributed by atoms with van der Waals surface area (Å²) in [5.41, 5.74) is 3.80. The normalized spacial score (nSPS) is 12.4. The van der Waals surface area contributed by atoms with Gasteiger partial charge in [0.05, 0.1) is 36.3 Å². The fourth-order valence-corrected chi connectivity index (χ4v) is 3.09. The smallest absolute Gasteiger partial charge is 0.241 e. The van der Waals surface area contributed by atoms with Crippen molar-refractivity contribution in [1.82, 2.24) is 24.6 Å². The molecule has 0 fully saturated rings. The molecule has 4 rings (SSSR count). The summed E-state index contributed by atoms with van der Waals surface area (Å²) >= 11 is 0. The van der Waals surface area contributed by atoms with Crippen LogP contribution >= 0.6 is 0 Å². The van der Waals surface area contributed by atoms with Gasteiger partial charge in [-0.1, -0.05) is 6.07 Å². The van der Waals surface area contributed by atoms with Crippen molar-refractivity contribution in [2.75, 3.05) is 26.1 Å². The van der Waals surface area contributed by atoms with Crippen LogP contribution in [-0.2, 0) is 4.74 Å². The number of ether oxygens (including phenoxy) is 2. The summed E-state index contributed by atoms with van der Waals surface area (Å²) in [7, 11) is 3.28. The molecule has 8 heteroatoms. The van der Waals surface area contributed by atoms with Crippen LogP contribution < -0.4 is 10.1 Å². The Balaban J connectivity index is 1.73. The maximum atomic E-state index is 5.36. The van der Waals surface area contributed by atoms with Gasteiger partial charge in [0.1, 0.15) is 6.33 Å². The molecule has 0 radical (unpaired) electrons. The van der Waals surface area contributed by atoms with E-state index in [2.05, 4.69) is 25.4 Å². The van der Waals surface area contributed by atoms with E-state index in [0.717, 1.165) is 27.5 Å². The molecule has 0 bridgehead atoms. The highest BCUT2D eigenvalue weighted by molar-refractivity contribution is 5.91. The molecule has 138 valence electrons. The molecule has 3 heterocycles. The fourth-order valence-electron chi connectivity index (χ4n) is 3.09. The Labute approximate surface area is 156 Å². The quantitative estimate of drug-likeness (QED) is 0.563. The first-order chi connectivity index (χ1) is 13.2. The highest BCUT2D eigenvalue weighted by atomic mass is 16.5. The van der Waals surface area contributed by atoms with Gasteiger partial charge in [0.2, 0.25) is 11.8 Å². The summed E-state index contributed by atoms with van der Waals surface area (Å²) in [6.45, 7) is 2.60. The maximum Gasteiger partial charge on any atom is 0.241 e.